The maximum absolute atomic E-state index is 5.59. The fourth-order valence-electron chi connectivity index (χ4n) is 9.06. The zero-order valence-electron chi connectivity index (χ0n) is 38.7. The van der Waals surface area contributed by atoms with E-state index in [9.17, 15) is 0 Å². The molecular weight excluding hydrogens is 977 g/mol. The van der Waals surface area contributed by atoms with E-state index in [2.05, 4.69) is 190 Å². The van der Waals surface area contributed by atoms with Crippen LogP contribution in [0.25, 0.3) is 91.9 Å². The van der Waals surface area contributed by atoms with E-state index < -0.39 is 0 Å². The molecule has 7 aromatic heterocycles. The molecule has 18 heteroatoms. The molecular formula is C48H61Cl5MnN12+5. The Morgan fingerprint density at radius 3 is 0.773 bits per heavy atom. The molecule has 2 aliphatic rings. The molecule has 0 fully saturated rings. The van der Waals surface area contributed by atoms with E-state index in [-0.39, 0.29) is 79.1 Å². The monoisotopic (exact) mass is 1040 g/mol. The Labute approximate surface area is 429 Å². The molecule has 66 heavy (non-hydrogen) atoms. The maximum atomic E-state index is 5.59. The Bertz CT molecular complexity index is 2540. The SMILES string of the molecule is CCn1cc[n+](CC)c1-c1c2nc(c(-c3n(CC)cc[n+]3CC)c3ccc([n-]3)c(-c3n(CC)cc[n+]3CC)c3nc(c(-c4n(CC)cc[n+]4CC)c4ccc1[n-]4)C=C3)C=C2.Cl.Cl.Cl.Cl.Cl.[Mn+3]. The van der Waals surface area contributed by atoms with Gasteiger partial charge in [0.25, 0.3) is 23.3 Å². The van der Waals surface area contributed by atoms with E-state index >= 15 is 0 Å². The van der Waals surface area contributed by atoms with Crippen molar-refractivity contribution in [3.05, 3.63) is 96.6 Å². The van der Waals surface area contributed by atoms with E-state index in [0.29, 0.717) is 0 Å². The van der Waals surface area contributed by atoms with Gasteiger partial charge in [0.15, 0.2) is 0 Å². The summed E-state index contributed by atoms with van der Waals surface area (Å²) in [6, 6.07) is 8.67. The van der Waals surface area contributed by atoms with Gasteiger partial charge in [0.05, 0.1) is 97.4 Å². The van der Waals surface area contributed by atoms with Crippen LogP contribution in [-0.4, -0.2) is 28.2 Å². The van der Waals surface area contributed by atoms with Crippen molar-refractivity contribution in [1.82, 2.24) is 38.2 Å². The number of rotatable bonds is 12. The molecule has 0 unspecified atom stereocenters. The first-order valence-corrected chi connectivity index (χ1v) is 21.8. The van der Waals surface area contributed by atoms with Crippen LogP contribution in [0.2, 0.25) is 0 Å². The third-order valence-corrected chi connectivity index (χ3v) is 12.1. The van der Waals surface area contributed by atoms with Gasteiger partial charge in [-0.15, -0.1) is 84.1 Å². The quantitative estimate of drug-likeness (QED) is 0.0903. The van der Waals surface area contributed by atoms with Crippen LogP contribution in [0.5, 0.6) is 0 Å². The van der Waals surface area contributed by atoms with Crippen molar-refractivity contribution < 1.29 is 35.3 Å². The summed E-state index contributed by atoms with van der Waals surface area (Å²) in [5, 5.41) is 0. The molecule has 0 saturated heterocycles. The number of imidazole rings is 4. The summed E-state index contributed by atoms with van der Waals surface area (Å²) in [6.45, 7) is 24.0. The molecule has 9 heterocycles. The van der Waals surface area contributed by atoms with Crippen molar-refractivity contribution in [2.75, 3.05) is 0 Å². The number of aryl methyl sites for hydroxylation is 8. The average Bonchev–Trinajstić information content (AvgIpc) is 4.13. The summed E-state index contributed by atoms with van der Waals surface area (Å²) >= 11 is 0. The van der Waals surface area contributed by atoms with Gasteiger partial charge in [-0.3, -0.25) is 0 Å². The topological polar surface area (TPSA) is 89.2 Å². The van der Waals surface area contributed by atoms with Crippen LogP contribution in [0.15, 0.2) is 73.8 Å². The first-order valence-electron chi connectivity index (χ1n) is 21.8. The molecule has 8 bridgehead atoms. The van der Waals surface area contributed by atoms with Crippen molar-refractivity contribution in [3.63, 3.8) is 0 Å². The number of fused-ring (bicyclic) bond motifs is 8. The normalized spacial score (nSPS) is 11.3. The summed E-state index contributed by atoms with van der Waals surface area (Å²) in [5.74, 6) is 4.29. The number of nitrogens with zero attached hydrogens (tertiary/aromatic N) is 12. The van der Waals surface area contributed by atoms with Gasteiger partial charge in [0.1, 0.15) is 49.6 Å². The van der Waals surface area contributed by atoms with Crippen LogP contribution in [-0.2, 0) is 69.4 Å². The second-order valence-corrected chi connectivity index (χ2v) is 15.1. The van der Waals surface area contributed by atoms with Gasteiger partial charge in [-0.25, -0.2) is 46.5 Å². The molecule has 9 rings (SSSR count). The predicted octanol–water partition coefficient (Wildman–Crippen LogP) is 9.20. The first-order chi connectivity index (χ1) is 29.4. The van der Waals surface area contributed by atoms with E-state index in [1.54, 1.807) is 0 Å². The Kier molecular flexibility index (Phi) is 19.8. The molecule has 0 radical (unpaired) electrons. The van der Waals surface area contributed by atoms with E-state index in [4.69, 9.17) is 19.9 Å². The molecule has 350 valence electrons. The third-order valence-electron chi connectivity index (χ3n) is 12.1. The minimum atomic E-state index is 0. The molecule has 0 atom stereocenters. The van der Waals surface area contributed by atoms with Crippen molar-refractivity contribution >= 4 is 108 Å². The predicted molar refractivity (Wildman–Crippen MR) is 273 cm³/mol. The average molecular weight is 1040 g/mol. The fourth-order valence-corrected chi connectivity index (χ4v) is 9.06. The van der Waals surface area contributed by atoms with Crippen LogP contribution < -0.4 is 28.2 Å². The van der Waals surface area contributed by atoms with Gasteiger partial charge in [-0.2, -0.15) is 0 Å². The van der Waals surface area contributed by atoms with Crippen LogP contribution in [0.4, 0.5) is 0 Å². The van der Waals surface area contributed by atoms with Crippen LogP contribution in [0.3, 0.4) is 0 Å². The second-order valence-electron chi connectivity index (χ2n) is 15.1. The van der Waals surface area contributed by atoms with Crippen LogP contribution >= 0.6 is 62.0 Å². The van der Waals surface area contributed by atoms with Gasteiger partial charge >= 0.3 is 17.1 Å². The van der Waals surface area contributed by atoms with E-state index in [1.807, 2.05) is 0 Å². The number of hydrogen-bond acceptors (Lipinski definition) is 2. The zero-order valence-corrected chi connectivity index (χ0v) is 43.9. The van der Waals surface area contributed by atoms with E-state index in [1.165, 1.54) is 0 Å². The fraction of sp³-hybridized carbons (Fsp3) is 0.333. The van der Waals surface area contributed by atoms with Gasteiger partial charge in [0, 0.05) is 0 Å². The van der Waals surface area contributed by atoms with Crippen LogP contribution in [0, 0.1) is 0 Å². The first kappa shape index (κ1) is 55.7. The van der Waals surface area contributed by atoms with Crippen molar-refractivity contribution in [2.24, 2.45) is 0 Å². The molecule has 0 aromatic carbocycles. The Hall–Kier alpha value is -4.59. The molecule has 12 nitrogen and oxygen atoms in total. The molecule has 0 spiro atoms. The third kappa shape index (κ3) is 9.33. The summed E-state index contributed by atoms with van der Waals surface area (Å²) in [7, 11) is 0. The number of halogens is 5. The Morgan fingerprint density at radius 1 is 0.379 bits per heavy atom. The summed E-state index contributed by atoms with van der Waals surface area (Å²) in [4.78, 5) is 22.4. The standard InChI is InChI=1S/C48H56N12.5ClH.Mn/c1-9-53-25-26-54(10-2)45(53)41-33-17-19-35(49-33)42(46-55(11-3)27-28-56(46)12-4)37-21-23-39(51-37)44(48-59(15-7)31-32-60(48)16-8)40-24-22-38(52-40)43(36-20-18-34(41)50-36)47-57(13-5)29-30-58(47)14-6;;;;;;/h17-32H,9-16H2,1-8H3;5*1H;/q+2;;;;;;+3. The summed E-state index contributed by atoms with van der Waals surface area (Å²) < 4.78 is 18.4. The summed E-state index contributed by atoms with van der Waals surface area (Å²) in [6.07, 6.45) is 26.0. The van der Waals surface area contributed by atoms with Gasteiger partial charge < -0.3 is 9.97 Å². The molecule has 7 aromatic rings. The number of hydrogen-bond donors (Lipinski definition) is 0. The minimum absolute atomic E-state index is 0. The maximum Gasteiger partial charge on any atom is 3.00 e. The van der Waals surface area contributed by atoms with Crippen molar-refractivity contribution in [3.8, 4) is 45.6 Å². The van der Waals surface area contributed by atoms with Crippen molar-refractivity contribution in [1.29, 1.82) is 0 Å². The Balaban J connectivity index is 0.00000193. The zero-order chi connectivity index (χ0) is 41.7. The molecule has 0 saturated carbocycles. The summed E-state index contributed by atoms with van der Waals surface area (Å²) in [5.41, 5.74) is 10.9. The molecule has 2 aliphatic heterocycles. The van der Waals surface area contributed by atoms with Crippen LogP contribution in [0.1, 0.15) is 78.2 Å². The van der Waals surface area contributed by atoms with Gasteiger partial charge in [-0.05, 0) is 79.7 Å². The Morgan fingerprint density at radius 2 is 0.591 bits per heavy atom. The smallest absolute Gasteiger partial charge is 0.656 e. The molecule has 0 N–H and O–H groups in total. The molecule has 0 amide bonds. The van der Waals surface area contributed by atoms with Gasteiger partial charge in [0.2, 0.25) is 0 Å². The second kappa shape index (κ2) is 23.4. The minimum Gasteiger partial charge on any atom is -0.656 e. The van der Waals surface area contributed by atoms with Gasteiger partial charge in [-0.1, -0.05) is 24.3 Å². The largest absolute Gasteiger partial charge is 3.00 e. The molecule has 0 aliphatic carbocycles. The van der Waals surface area contributed by atoms with E-state index in [0.717, 1.165) is 143 Å². The number of aromatic nitrogens is 12. The van der Waals surface area contributed by atoms with Crippen molar-refractivity contribution in [2.45, 2.75) is 108 Å².